The van der Waals surface area contributed by atoms with Crippen molar-refractivity contribution in [3.63, 3.8) is 0 Å². The van der Waals surface area contributed by atoms with Gasteiger partial charge in [0.1, 0.15) is 11.5 Å². The number of aromatic nitrogens is 1. The first-order valence-electron chi connectivity index (χ1n) is 6.97. The number of hydrogen-bond donors (Lipinski definition) is 1. The zero-order valence-corrected chi connectivity index (χ0v) is 13.7. The number of halogens is 1. The highest BCUT2D eigenvalue weighted by atomic mass is 35.5. The third kappa shape index (κ3) is 5.03. The van der Waals surface area contributed by atoms with Crippen LogP contribution in [-0.4, -0.2) is 10.5 Å². The van der Waals surface area contributed by atoms with Gasteiger partial charge in [0.25, 0.3) is 0 Å². The molecule has 4 heteroatoms. The van der Waals surface area contributed by atoms with E-state index in [9.17, 15) is 0 Å². The van der Waals surface area contributed by atoms with Gasteiger partial charge in [0.2, 0.25) is 0 Å². The SMILES string of the molecule is Cc1ccc(Oc2cc(Cl)ccc2CNC(C)(C)C)cn1. The lowest BCUT2D eigenvalue weighted by Crippen LogP contribution is -2.35. The van der Waals surface area contributed by atoms with Crippen molar-refractivity contribution in [1.82, 2.24) is 10.3 Å². The normalized spacial score (nSPS) is 11.5. The number of ether oxygens (including phenoxy) is 1. The van der Waals surface area contributed by atoms with Gasteiger partial charge in [-0.15, -0.1) is 0 Å². The van der Waals surface area contributed by atoms with Gasteiger partial charge < -0.3 is 10.1 Å². The van der Waals surface area contributed by atoms with E-state index in [-0.39, 0.29) is 5.54 Å². The van der Waals surface area contributed by atoms with Crippen molar-refractivity contribution < 1.29 is 4.74 Å². The van der Waals surface area contributed by atoms with E-state index in [4.69, 9.17) is 16.3 Å². The fourth-order valence-electron chi connectivity index (χ4n) is 1.77. The molecule has 0 saturated heterocycles. The van der Waals surface area contributed by atoms with Gasteiger partial charge in [0.15, 0.2) is 0 Å². The maximum absolute atomic E-state index is 6.08. The topological polar surface area (TPSA) is 34.1 Å². The van der Waals surface area contributed by atoms with E-state index in [1.807, 2.05) is 37.3 Å². The van der Waals surface area contributed by atoms with E-state index in [2.05, 4.69) is 31.1 Å². The maximum atomic E-state index is 6.08. The fraction of sp³-hybridized carbons (Fsp3) is 0.353. The first kappa shape index (κ1) is 15.8. The van der Waals surface area contributed by atoms with Gasteiger partial charge in [-0.25, -0.2) is 0 Å². The van der Waals surface area contributed by atoms with Crippen LogP contribution in [0.15, 0.2) is 36.5 Å². The first-order valence-corrected chi connectivity index (χ1v) is 7.35. The molecule has 0 amide bonds. The van der Waals surface area contributed by atoms with Crippen LogP contribution in [0.4, 0.5) is 0 Å². The molecule has 3 nitrogen and oxygen atoms in total. The minimum Gasteiger partial charge on any atom is -0.455 e. The van der Waals surface area contributed by atoms with Crippen LogP contribution in [0.3, 0.4) is 0 Å². The second kappa shape index (κ2) is 6.46. The standard InChI is InChI=1S/C17H21ClN2O/c1-12-5-8-15(11-19-12)21-16-9-14(18)7-6-13(16)10-20-17(2,3)4/h5-9,11,20H,10H2,1-4H3. The van der Waals surface area contributed by atoms with Crippen molar-refractivity contribution in [3.8, 4) is 11.5 Å². The zero-order chi connectivity index (χ0) is 15.5. The Morgan fingerprint density at radius 3 is 2.57 bits per heavy atom. The van der Waals surface area contributed by atoms with Crippen molar-refractivity contribution in [3.05, 3.63) is 52.8 Å². The second-order valence-corrected chi connectivity index (χ2v) is 6.53. The Hall–Kier alpha value is -1.58. The smallest absolute Gasteiger partial charge is 0.145 e. The molecule has 1 N–H and O–H groups in total. The largest absolute Gasteiger partial charge is 0.455 e. The van der Waals surface area contributed by atoms with E-state index in [0.717, 1.165) is 23.6 Å². The number of aryl methyl sites for hydroxylation is 1. The zero-order valence-electron chi connectivity index (χ0n) is 12.9. The Bertz CT molecular complexity index is 603. The summed E-state index contributed by atoms with van der Waals surface area (Å²) < 4.78 is 5.92. The average molecular weight is 305 g/mol. The third-order valence-electron chi connectivity index (χ3n) is 2.95. The predicted octanol–water partition coefficient (Wildman–Crippen LogP) is 4.72. The molecule has 0 spiro atoms. The van der Waals surface area contributed by atoms with Crippen LogP contribution in [0.1, 0.15) is 32.0 Å². The highest BCUT2D eigenvalue weighted by Gasteiger charge is 2.12. The molecule has 0 atom stereocenters. The van der Waals surface area contributed by atoms with Gasteiger partial charge in [-0.3, -0.25) is 4.98 Å². The summed E-state index contributed by atoms with van der Waals surface area (Å²) in [6, 6.07) is 9.53. The van der Waals surface area contributed by atoms with E-state index >= 15 is 0 Å². The van der Waals surface area contributed by atoms with Crippen LogP contribution in [0.5, 0.6) is 11.5 Å². The van der Waals surface area contributed by atoms with E-state index < -0.39 is 0 Å². The molecule has 1 aromatic carbocycles. The van der Waals surface area contributed by atoms with Crippen molar-refractivity contribution in [2.75, 3.05) is 0 Å². The molecule has 0 fully saturated rings. The van der Waals surface area contributed by atoms with Crippen LogP contribution in [0.2, 0.25) is 5.02 Å². The monoisotopic (exact) mass is 304 g/mol. The van der Waals surface area contributed by atoms with Crippen molar-refractivity contribution in [2.24, 2.45) is 0 Å². The predicted molar refractivity (Wildman–Crippen MR) is 87.1 cm³/mol. The number of benzene rings is 1. The Morgan fingerprint density at radius 2 is 1.95 bits per heavy atom. The molecule has 2 rings (SSSR count). The van der Waals surface area contributed by atoms with Crippen LogP contribution in [0, 0.1) is 6.92 Å². The van der Waals surface area contributed by atoms with Gasteiger partial charge in [-0.2, -0.15) is 0 Å². The van der Waals surface area contributed by atoms with Gasteiger partial charge in [0, 0.05) is 28.4 Å². The van der Waals surface area contributed by atoms with Crippen LogP contribution in [0.25, 0.3) is 0 Å². The molecule has 0 aliphatic heterocycles. The fourth-order valence-corrected chi connectivity index (χ4v) is 1.93. The summed E-state index contributed by atoms with van der Waals surface area (Å²) in [5.74, 6) is 1.46. The lowest BCUT2D eigenvalue weighted by molar-refractivity contribution is 0.414. The molecule has 2 aromatic rings. The van der Waals surface area contributed by atoms with E-state index in [1.165, 1.54) is 0 Å². The maximum Gasteiger partial charge on any atom is 0.145 e. The molecule has 1 aromatic heterocycles. The van der Waals surface area contributed by atoms with Gasteiger partial charge in [-0.1, -0.05) is 17.7 Å². The van der Waals surface area contributed by atoms with Gasteiger partial charge in [0.05, 0.1) is 6.20 Å². The number of rotatable bonds is 4. The summed E-state index contributed by atoms with van der Waals surface area (Å²) >= 11 is 6.08. The summed E-state index contributed by atoms with van der Waals surface area (Å²) in [5.41, 5.74) is 2.07. The number of hydrogen-bond acceptors (Lipinski definition) is 3. The number of pyridine rings is 1. The second-order valence-electron chi connectivity index (χ2n) is 6.09. The highest BCUT2D eigenvalue weighted by Crippen LogP contribution is 2.28. The van der Waals surface area contributed by atoms with Crippen molar-refractivity contribution in [1.29, 1.82) is 0 Å². The highest BCUT2D eigenvalue weighted by molar-refractivity contribution is 6.30. The first-order chi connectivity index (χ1) is 9.83. The number of nitrogens with one attached hydrogen (secondary N) is 1. The van der Waals surface area contributed by atoms with Crippen LogP contribution >= 0.6 is 11.6 Å². The molecular weight excluding hydrogens is 284 g/mol. The molecule has 0 saturated carbocycles. The minimum absolute atomic E-state index is 0.0440. The number of nitrogens with zero attached hydrogens (tertiary/aromatic N) is 1. The summed E-state index contributed by atoms with van der Waals surface area (Å²) in [7, 11) is 0. The molecule has 112 valence electrons. The van der Waals surface area contributed by atoms with Crippen molar-refractivity contribution >= 4 is 11.6 Å². The van der Waals surface area contributed by atoms with Gasteiger partial charge >= 0.3 is 0 Å². The average Bonchev–Trinajstić information content (AvgIpc) is 2.39. The Labute approximate surface area is 131 Å². The lowest BCUT2D eigenvalue weighted by atomic mass is 10.1. The Kier molecular flexibility index (Phi) is 4.86. The minimum atomic E-state index is 0.0440. The molecule has 0 radical (unpaired) electrons. The molecule has 0 unspecified atom stereocenters. The summed E-state index contributed by atoms with van der Waals surface area (Å²) in [6.45, 7) is 9.06. The van der Waals surface area contributed by atoms with E-state index in [0.29, 0.717) is 10.8 Å². The quantitative estimate of drug-likeness (QED) is 0.887. The molecule has 0 aliphatic rings. The van der Waals surface area contributed by atoms with Gasteiger partial charge in [-0.05, 0) is 52.0 Å². The lowest BCUT2D eigenvalue weighted by Gasteiger charge is -2.21. The van der Waals surface area contributed by atoms with E-state index in [1.54, 1.807) is 6.20 Å². The van der Waals surface area contributed by atoms with Crippen LogP contribution < -0.4 is 10.1 Å². The molecule has 1 heterocycles. The van der Waals surface area contributed by atoms with Crippen molar-refractivity contribution in [2.45, 2.75) is 39.8 Å². The summed E-state index contributed by atoms with van der Waals surface area (Å²) in [6.07, 6.45) is 1.72. The summed E-state index contributed by atoms with van der Waals surface area (Å²) in [5, 5.41) is 4.11. The Morgan fingerprint density at radius 1 is 1.19 bits per heavy atom. The Balaban J connectivity index is 2.20. The third-order valence-corrected chi connectivity index (χ3v) is 3.19. The molecule has 0 bridgehead atoms. The molecule has 21 heavy (non-hydrogen) atoms. The molecule has 0 aliphatic carbocycles. The van der Waals surface area contributed by atoms with Crippen LogP contribution in [-0.2, 0) is 6.54 Å². The molecular formula is C17H21ClN2O. The summed E-state index contributed by atoms with van der Waals surface area (Å²) in [4.78, 5) is 4.24.